The van der Waals surface area contributed by atoms with E-state index in [0.717, 1.165) is 10.9 Å². The molecule has 4 nitrogen and oxygen atoms in total. The Morgan fingerprint density at radius 3 is 2.71 bits per heavy atom. The highest BCUT2D eigenvalue weighted by Gasteiger charge is 2.33. The van der Waals surface area contributed by atoms with Crippen molar-refractivity contribution in [2.75, 3.05) is 11.4 Å². The molecule has 1 aliphatic heterocycles. The Kier molecular flexibility index (Phi) is 1.99. The van der Waals surface area contributed by atoms with Gasteiger partial charge in [0.25, 0.3) is 10.0 Å². The SMILES string of the molecule is CN1c2cccc3c(CO)ccc(c23)S1(=O)=O. The first-order valence-electron chi connectivity index (χ1n) is 5.22. The second kappa shape index (κ2) is 3.21. The molecule has 0 aromatic heterocycles. The van der Waals surface area contributed by atoms with Crippen LogP contribution >= 0.6 is 0 Å². The third kappa shape index (κ3) is 1.18. The van der Waals surface area contributed by atoms with Gasteiger partial charge in [-0.25, -0.2) is 8.42 Å². The number of hydrogen-bond donors (Lipinski definition) is 1. The predicted molar refractivity (Wildman–Crippen MR) is 65.5 cm³/mol. The Balaban J connectivity index is 2.56. The van der Waals surface area contributed by atoms with Crippen molar-refractivity contribution in [3.05, 3.63) is 35.9 Å². The number of rotatable bonds is 1. The van der Waals surface area contributed by atoms with Crippen LogP contribution < -0.4 is 4.31 Å². The lowest BCUT2D eigenvalue weighted by Crippen LogP contribution is -2.21. The van der Waals surface area contributed by atoms with Crippen molar-refractivity contribution in [1.29, 1.82) is 0 Å². The quantitative estimate of drug-likeness (QED) is 0.832. The van der Waals surface area contributed by atoms with Gasteiger partial charge in [-0.1, -0.05) is 18.2 Å². The number of hydrogen-bond acceptors (Lipinski definition) is 3. The summed E-state index contributed by atoms with van der Waals surface area (Å²) in [6.45, 7) is -0.0933. The minimum absolute atomic E-state index is 0.0933. The lowest BCUT2D eigenvalue weighted by atomic mass is 10.0. The average molecular weight is 249 g/mol. The van der Waals surface area contributed by atoms with Crippen LogP contribution in [0, 0.1) is 0 Å². The highest BCUT2D eigenvalue weighted by Crippen LogP contribution is 2.42. The molecule has 0 amide bonds. The number of aliphatic hydroxyl groups is 1. The van der Waals surface area contributed by atoms with Crippen LogP contribution in [0.15, 0.2) is 35.2 Å². The minimum Gasteiger partial charge on any atom is -0.392 e. The van der Waals surface area contributed by atoms with Gasteiger partial charge in [-0.15, -0.1) is 0 Å². The molecule has 0 aliphatic carbocycles. The van der Waals surface area contributed by atoms with E-state index in [2.05, 4.69) is 0 Å². The zero-order valence-electron chi connectivity index (χ0n) is 9.21. The van der Waals surface area contributed by atoms with Crippen molar-refractivity contribution in [2.45, 2.75) is 11.5 Å². The zero-order chi connectivity index (χ0) is 12.2. The van der Waals surface area contributed by atoms with Crippen LogP contribution in [0.1, 0.15) is 5.56 Å². The van der Waals surface area contributed by atoms with Crippen LogP contribution in [-0.2, 0) is 16.6 Å². The highest BCUT2D eigenvalue weighted by atomic mass is 32.2. The van der Waals surface area contributed by atoms with Crippen molar-refractivity contribution in [3.63, 3.8) is 0 Å². The second-order valence-corrected chi connectivity index (χ2v) is 5.99. The van der Waals surface area contributed by atoms with Gasteiger partial charge in [0.15, 0.2) is 0 Å². The Labute approximate surface area is 99.2 Å². The third-order valence-electron chi connectivity index (χ3n) is 3.22. The van der Waals surface area contributed by atoms with E-state index in [1.54, 1.807) is 31.3 Å². The Bertz CT molecular complexity index is 722. The molecule has 1 heterocycles. The van der Waals surface area contributed by atoms with E-state index in [1.165, 1.54) is 4.31 Å². The van der Waals surface area contributed by atoms with Gasteiger partial charge < -0.3 is 5.11 Å². The van der Waals surface area contributed by atoms with E-state index in [-0.39, 0.29) is 6.61 Å². The summed E-state index contributed by atoms with van der Waals surface area (Å²) in [5.74, 6) is 0. The largest absolute Gasteiger partial charge is 0.392 e. The molecular formula is C12H11NO3S. The topological polar surface area (TPSA) is 57.6 Å². The molecule has 0 atom stereocenters. The monoisotopic (exact) mass is 249 g/mol. The maximum absolute atomic E-state index is 12.1. The summed E-state index contributed by atoms with van der Waals surface area (Å²) >= 11 is 0. The number of nitrogens with zero attached hydrogens (tertiary/aromatic N) is 1. The number of aliphatic hydroxyl groups excluding tert-OH is 1. The first kappa shape index (κ1) is 10.6. The zero-order valence-corrected chi connectivity index (χ0v) is 10.0. The van der Waals surface area contributed by atoms with E-state index in [1.807, 2.05) is 6.07 Å². The smallest absolute Gasteiger partial charge is 0.264 e. The van der Waals surface area contributed by atoms with Crippen molar-refractivity contribution in [2.24, 2.45) is 0 Å². The summed E-state index contributed by atoms with van der Waals surface area (Å²) in [6, 6.07) is 8.65. The van der Waals surface area contributed by atoms with Crippen LogP contribution in [0.3, 0.4) is 0 Å². The molecular weight excluding hydrogens is 238 g/mol. The fourth-order valence-corrected chi connectivity index (χ4v) is 3.73. The molecule has 17 heavy (non-hydrogen) atoms. The lowest BCUT2D eigenvalue weighted by Gasteiger charge is -2.10. The molecule has 1 aliphatic rings. The summed E-state index contributed by atoms with van der Waals surface area (Å²) in [7, 11) is -1.87. The van der Waals surface area contributed by atoms with E-state index < -0.39 is 10.0 Å². The van der Waals surface area contributed by atoms with Crippen molar-refractivity contribution >= 4 is 26.5 Å². The standard InChI is InChI=1S/C12H11NO3S/c1-13-10-4-2-3-9-8(7-14)5-6-11(12(9)10)17(13,15)16/h2-6,14H,7H2,1H3. The fraction of sp³-hybridized carbons (Fsp3) is 0.167. The van der Waals surface area contributed by atoms with Gasteiger partial charge in [0, 0.05) is 12.4 Å². The molecule has 0 radical (unpaired) electrons. The van der Waals surface area contributed by atoms with Crippen LogP contribution in [0.4, 0.5) is 5.69 Å². The summed E-state index contributed by atoms with van der Waals surface area (Å²) < 4.78 is 25.5. The van der Waals surface area contributed by atoms with Crippen molar-refractivity contribution in [1.82, 2.24) is 0 Å². The molecule has 0 bridgehead atoms. The van der Waals surface area contributed by atoms with Crippen LogP contribution in [0.25, 0.3) is 10.8 Å². The summed E-state index contributed by atoms with van der Waals surface area (Å²) in [6.07, 6.45) is 0. The molecule has 2 aromatic rings. The fourth-order valence-electron chi connectivity index (χ4n) is 2.31. The van der Waals surface area contributed by atoms with Gasteiger partial charge in [-0.3, -0.25) is 4.31 Å². The van der Waals surface area contributed by atoms with Crippen LogP contribution in [0.2, 0.25) is 0 Å². The van der Waals surface area contributed by atoms with E-state index >= 15 is 0 Å². The summed E-state index contributed by atoms with van der Waals surface area (Å²) in [4.78, 5) is 0.322. The Hall–Kier alpha value is -1.59. The van der Waals surface area contributed by atoms with Gasteiger partial charge in [-0.2, -0.15) is 0 Å². The lowest BCUT2D eigenvalue weighted by molar-refractivity contribution is 0.283. The number of sulfonamides is 1. The van der Waals surface area contributed by atoms with Gasteiger partial charge in [0.2, 0.25) is 0 Å². The molecule has 5 heteroatoms. The number of anilines is 1. The van der Waals surface area contributed by atoms with Crippen molar-refractivity contribution in [3.8, 4) is 0 Å². The van der Waals surface area contributed by atoms with Gasteiger partial charge >= 0.3 is 0 Å². The average Bonchev–Trinajstić information content (AvgIpc) is 2.53. The first-order chi connectivity index (χ1) is 8.07. The highest BCUT2D eigenvalue weighted by molar-refractivity contribution is 7.93. The molecule has 0 fully saturated rings. The maximum atomic E-state index is 12.1. The molecule has 0 saturated carbocycles. The van der Waals surface area contributed by atoms with E-state index in [4.69, 9.17) is 0 Å². The molecule has 1 N–H and O–H groups in total. The van der Waals surface area contributed by atoms with Crippen LogP contribution in [-0.4, -0.2) is 20.6 Å². The summed E-state index contributed by atoms with van der Waals surface area (Å²) in [5, 5.41) is 10.8. The van der Waals surface area contributed by atoms with E-state index in [9.17, 15) is 13.5 Å². The van der Waals surface area contributed by atoms with Gasteiger partial charge in [-0.05, 0) is 23.1 Å². The molecule has 3 rings (SSSR count). The van der Waals surface area contributed by atoms with Gasteiger partial charge in [0.1, 0.15) is 0 Å². The van der Waals surface area contributed by atoms with Crippen LogP contribution in [0.5, 0.6) is 0 Å². The van der Waals surface area contributed by atoms with E-state index in [0.29, 0.717) is 16.0 Å². The van der Waals surface area contributed by atoms with Crippen molar-refractivity contribution < 1.29 is 13.5 Å². The number of benzene rings is 2. The predicted octanol–water partition coefficient (Wildman–Crippen LogP) is 1.47. The minimum atomic E-state index is -3.41. The first-order valence-corrected chi connectivity index (χ1v) is 6.66. The molecule has 88 valence electrons. The summed E-state index contributed by atoms with van der Waals surface area (Å²) in [5.41, 5.74) is 1.42. The molecule has 2 aromatic carbocycles. The molecule has 0 spiro atoms. The Morgan fingerprint density at radius 1 is 1.24 bits per heavy atom. The second-order valence-electron chi connectivity index (χ2n) is 4.05. The normalized spacial score (nSPS) is 16.7. The molecule has 0 unspecified atom stereocenters. The van der Waals surface area contributed by atoms with Gasteiger partial charge in [0.05, 0.1) is 17.2 Å². The Morgan fingerprint density at radius 2 is 2.00 bits per heavy atom. The molecule has 0 saturated heterocycles. The maximum Gasteiger partial charge on any atom is 0.264 e. The third-order valence-corrected chi connectivity index (χ3v) is 5.03.